The summed E-state index contributed by atoms with van der Waals surface area (Å²) < 4.78 is 3.60. The highest BCUT2D eigenvalue weighted by Gasteiger charge is 2.40. The Kier molecular flexibility index (Phi) is 12.1. The van der Waals surface area contributed by atoms with Gasteiger partial charge in [-0.1, -0.05) is 53.7 Å². The van der Waals surface area contributed by atoms with Crippen LogP contribution in [0, 0.1) is 12.3 Å². The molecule has 0 aliphatic carbocycles. The Labute approximate surface area is 187 Å². The third-order valence-corrected chi connectivity index (χ3v) is 6.17. The van der Waals surface area contributed by atoms with Gasteiger partial charge in [-0.05, 0) is 40.0 Å². The van der Waals surface area contributed by atoms with E-state index in [4.69, 9.17) is 19.6 Å². The molecule has 31 heavy (non-hydrogen) atoms. The second kappa shape index (κ2) is 12.3. The third-order valence-electron chi connectivity index (χ3n) is 5.01. The van der Waals surface area contributed by atoms with E-state index in [1.807, 2.05) is 13.0 Å². The number of benzene rings is 1. The van der Waals surface area contributed by atoms with Gasteiger partial charge >= 0.3 is 17.2 Å². The maximum absolute atomic E-state index is 11.0. The van der Waals surface area contributed by atoms with Crippen molar-refractivity contribution in [3.63, 3.8) is 0 Å². The summed E-state index contributed by atoms with van der Waals surface area (Å²) in [6, 6.07) is 4.15. The van der Waals surface area contributed by atoms with Crippen molar-refractivity contribution in [2.24, 2.45) is 5.41 Å². The van der Waals surface area contributed by atoms with Crippen molar-refractivity contribution in [2.45, 2.75) is 65.4 Å². The minimum absolute atomic E-state index is 0.0315. The van der Waals surface area contributed by atoms with Crippen molar-refractivity contribution < 1.29 is 44.3 Å². The van der Waals surface area contributed by atoms with E-state index in [1.165, 1.54) is 5.56 Å². The predicted molar refractivity (Wildman–Crippen MR) is 121 cm³/mol. The van der Waals surface area contributed by atoms with E-state index in [1.54, 1.807) is 0 Å². The van der Waals surface area contributed by atoms with Crippen molar-refractivity contribution in [1.82, 2.24) is 0 Å². The van der Waals surface area contributed by atoms with Gasteiger partial charge in [0.2, 0.25) is 0 Å². The topological polar surface area (TPSA) is 171 Å². The first-order valence-corrected chi connectivity index (χ1v) is 12.0. The van der Waals surface area contributed by atoms with Crippen LogP contribution in [0.5, 0.6) is 0 Å². The van der Waals surface area contributed by atoms with Crippen molar-refractivity contribution in [1.29, 1.82) is 0 Å². The van der Waals surface area contributed by atoms with Gasteiger partial charge in [-0.2, -0.15) is 0 Å². The minimum Gasteiger partial charge on any atom is -0.395 e. The Morgan fingerprint density at radius 3 is 1.48 bits per heavy atom. The van der Waals surface area contributed by atoms with Gasteiger partial charge in [-0.3, -0.25) is 0 Å². The standard InChI is InChI=1S/C20H34O4.H4O5P2/c1-13-8-14(18(2,3)4)9-15(19(5,6)7)16(13)17(24)20(10-21,11-22)12-23;1-6(2)5-7(3)4/h8-9,17,21-24H,10-12H2,1-7H3;1-4H. The van der Waals surface area contributed by atoms with Crippen LogP contribution in [0.15, 0.2) is 12.1 Å². The summed E-state index contributed by atoms with van der Waals surface area (Å²) in [4.78, 5) is 31.3. The van der Waals surface area contributed by atoms with Crippen molar-refractivity contribution >= 4 is 17.2 Å². The minimum atomic E-state index is -2.61. The first-order chi connectivity index (χ1) is 14.0. The molecule has 1 aromatic rings. The average molecular weight is 484 g/mol. The number of aryl methyl sites for hydroxylation is 1. The summed E-state index contributed by atoms with van der Waals surface area (Å²) in [7, 11) is -5.22. The Morgan fingerprint density at radius 2 is 1.23 bits per heavy atom. The molecule has 9 nitrogen and oxygen atoms in total. The molecular weight excluding hydrogens is 446 g/mol. The molecule has 0 saturated heterocycles. The average Bonchev–Trinajstić information content (AvgIpc) is 2.60. The molecule has 0 heterocycles. The molecule has 11 heteroatoms. The molecule has 8 N–H and O–H groups in total. The Bertz CT molecular complexity index is 664. The lowest BCUT2D eigenvalue weighted by Crippen LogP contribution is -2.41. The Hall–Kier alpha value is -0.280. The summed E-state index contributed by atoms with van der Waals surface area (Å²) >= 11 is 0. The molecule has 182 valence electrons. The van der Waals surface area contributed by atoms with Crippen molar-refractivity contribution in [3.8, 4) is 0 Å². The molecule has 1 unspecified atom stereocenters. The Balaban J connectivity index is 0.00000110. The first-order valence-electron chi connectivity index (χ1n) is 9.66. The van der Waals surface area contributed by atoms with Crippen LogP contribution >= 0.6 is 17.2 Å². The van der Waals surface area contributed by atoms with E-state index in [0.717, 1.165) is 11.1 Å². The molecule has 0 aliphatic rings. The molecule has 0 bridgehead atoms. The molecule has 0 radical (unpaired) electrons. The van der Waals surface area contributed by atoms with Gasteiger partial charge < -0.3 is 40.0 Å². The second-order valence-corrected chi connectivity index (χ2v) is 11.2. The van der Waals surface area contributed by atoms with Crippen LogP contribution in [0.1, 0.15) is 69.9 Å². The van der Waals surface area contributed by atoms with Crippen molar-refractivity contribution in [2.75, 3.05) is 19.8 Å². The van der Waals surface area contributed by atoms with Gasteiger partial charge in [0.1, 0.15) is 0 Å². The van der Waals surface area contributed by atoms with Crippen molar-refractivity contribution in [3.05, 3.63) is 34.4 Å². The summed E-state index contributed by atoms with van der Waals surface area (Å²) in [5.74, 6) is 0. The predicted octanol–water partition coefficient (Wildman–Crippen LogP) is 2.01. The van der Waals surface area contributed by atoms with Crippen LogP contribution in [-0.4, -0.2) is 59.8 Å². The van der Waals surface area contributed by atoms with Crippen LogP contribution < -0.4 is 0 Å². The van der Waals surface area contributed by atoms with Crippen LogP contribution in [-0.2, 0) is 15.1 Å². The summed E-state index contributed by atoms with van der Waals surface area (Å²) in [5.41, 5.74) is 2.11. The molecular formula is C20H38O9P2. The van der Waals surface area contributed by atoms with E-state index in [0.29, 0.717) is 5.56 Å². The molecule has 0 amide bonds. The lowest BCUT2D eigenvalue weighted by molar-refractivity contribution is -0.0859. The zero-order valence-electron chi connectivity index (χ0n) is 19.2. The summed E-state index contributed by atoms with van der Waals surface area (Å²) in [6.07, 6.45) is -1.15. The van der Waals surface area contributed by atoms with E-state index in [-0.39, 0.29) is 10.8 Å². The highest BCUT2D eigenvalue weighted by atomic mass is 31.2. The molecule has 0 spiro atoms. The molecule has 1 aromatic carbocycles. The first kappa shape index (κ1) is 30.7. The zero-order chi connectivity index (χ0) is 24.8. The highest BCUT2D eigenvalue weighted by Crippen LogP contribution is 2.43. The fourth-order valence-electron chi connectivity index (χ4n) is 3.00. The zero-order valence-corrected chi connectivity index (χ0v) is 21.0. The van der Waals surface area contributed by atoms with E-state index in [9.17, 15) is 20.4 Å². The van der Waals surface area contributed by atoms with Gasteiger partial charge in [0.25, 0.3) is 0 Å². The lowest BCUT2D eigenvalue weighted by atomic mass is 9.71. The maximum Gasteiger partial charge on any atom is 0.334 e. The van der Waals surface area contributed by atoms with E-state index < -0.39 is 48.5 Å². The van der Waals surface area contributed by atoms with Gasteiger partial charge in [0.05, 0.1) is 31.3 Å². The van der Waals surface area contributed by atoms with Crippen LogP contribution in [0.4, 0.5) is 0 Å². The van der Waals surface area contributed by atoms with Gasteiger partial charge in [0, 0.05) is 0 Å². The lowest BCUT2D eigenvalue weighted by Gasteiger charge is -2.38. The SMILES string of the molecule is Cc1cc(C(C)(C)C)cc(C(C)(C)C)c1C(O)C(CO)(CO)CO.OP(O)OP(O)O. The molecule has 0 fully saturated rings. The fourth-order valence-corrected chi connectivity index (χ4v) is 3.52. The quantitative estimate of drug-likeness (QED) is 0.270. The van der Waals surface area contributed by atoms with Crippen LogP contribution in [0.25, 0.3) is 0 Å². The largest absolute Gasteiger partial charge is 0.395 e. The van der Waals surface area contributed by atoms with Gasteiger partial charge in [-0.15, -0.1) is 0 Å². The van der Waals surface area contributed by atoms with E-state index in [2.05, 4.69) is 51.9 Å². The van der Waals surface area contributed by atoms with Crippen LogP contribution in [0.3, 0.4) is 0 Å². The normalized spacial score (nSPS) is 14.0. The number of hydrogen-bond donors (Lipinski definition) is 8. The molecule has 1 rings (SSSR count). The monoisotopic (exact) mass is 484 g/mol. The maximum atomic E-state index is 11.0. The summed E-state index contributed by atoms with van der Waals surface area (Å²) in [5, 5.41) is 40.1. The number of rotatable bonds is 7. The Morgan fingerprint density at radius 1 is 0.806 bits per heavy atom. The highest BCUT2D eigenvalue weighted by molar-refractivity contribution is 7.53. The smallest absolute Gasteiger partial charge is 0.334 e. The second-order valence-electron chi connectivity index (χ2n) is 9.58. The number of hydrogen-bond acceptors (Lipinski definition) is 9. The number of aliphatic hydroxyl groups is 4. The van der Waals surface area contributed by atoms with Gasteiger partial charge in [-0.25, -0.2) is 4.31 Å². The summed E-state index contributed by atoms with van der Waals surface area (Å²) in [6.45, 7) is 13.1. The van der Waals surface area contributed by atoms with E-state index >= 15 is 0 Å². The molecule has 1 atom stereocenters. The third kappa shape index (κ3) is 8.88. The molecule has 0 saturated carbocycles. The van der Waals surface area contributed by atoms with Crippen LogP contribution in [0.2, 0.25) is 0 Å². The fraction of sp³-hybridized carbons (Fsp3) is 0.700. The molecule has 0 aromatic heterocycles. The number of aliphatic hydroxyl groups excluding tert-OH is 4. The molecule has 0 aliphatic heterocycles. The van der Waals surface area contributed by atoms with Gasteiger partial charge in [0.15, 0.2) is 0 Å².